The number of carbonyl (C=O) groups excluding carboxylic acids is 1. The van der Waals surface area contributed by atoms with Gasteiger partial charge in [0.1, 0.15) is 17.1 Å². The number of para-hydroxylation sites is 1. The van der Waals surface area contributed by atoms with E-state index in [1.165, 1.54) is 0 Å². The quantitative estimate of drug-likeness (QED) is 0.148. The second kappa shape index (κ2) is 15.1. The highest BCUT2D eigenvalue weighted by Gasteiger charge is 2.36. The van der Waals surface area contributed by atoms with E-state index in [2.05, 4.69) is 0 Å². The van der Waals surface area contributed by atoms with Crippen LogP contribution in [0.2, 0.25) is 0 Å². The molecule has 1 fully saturated rings. The third-order valence-corrected chi connectivity index (χ3v) is 7.17. The number of nitrogens with zero attached hydrogens (tertiary/aromatic N) is 1. The van der Waals surface area contributed by atoms with Gasteiger partial charge in [-0.3, -0.25) is 0 Å². The van der Waals surface area contributed by atoms with Crippen LogP contribution in [0.5, 0.6) is 11.5 Å². The number of benzene rings is 3. The van der Waals surface area contributed by atoms with Crippen LogP contribution in [0.3, 0.4) is 0 Å². The number of aliphatic hydroxyl groups excluding tert-OH is 1. The Balaban J connectivity index is 1.34. The second-order valence-corrected chi connectivity index (χ2v) is 11.7. The number of hydrogen-bond donors (Lipinski definition) is 2. The monoisotopic (exact) mass is 592 g/mol. The molecule has 1 aliphatic rings. The van der Waals surface area contributed by atoms with Crippen molar-refractivity contribution in [3.8, 4) is 11.5 Å². The molecule has 232 valence electrons. The van der Waals surface area contributed by atoms with Crippen molar-refractivity contribution < 1.29 is 33.6 Å². The summed E-state index contributed by atoms with van der Waals surface area (Å²) in [5.74, 6) is 1.53. The van der Waals surface area contributed by atoms with Gasteiger partial charge in [-0.15, -0.1) is 0 Å². The van der Waals surface area contributed by atoms with E-state index in [4.69, 9.17) is 29.4 Å². The van der Waals surface area contributed by atoms with Crippen molar-refractivity contribution in [1.29, 1.82) is 0 Å². The van der Waals surface area contributed by atoms with Crippen LogP contribution >= 0.6 is 0 Å². The Kier molecular flexibility index (Phi) is 11.3. The lowest BCUT2D eigenvalue weighted by Crippen LogP contribution is -2.48. The number of amides is 1. The minimum absolute atomic E-state index is 0.0492. The van der Waals surface area contributed by atoms with Crippen molar-refractivity contribution >= 4 is 11.8 Å². The fourth-order valence-electron chi connectivity index (χ4n) is 5.05. The molecule has 3 N–H and O–H groups in total. The van der Waals surface area contributed by atoms with Gasteiger partial charge >= 0.3 is 6.09 Å². The molecule has 3 atom stereocenters. The average molecular weight is 593 g/mol. The van der Waals surface area contributed by atoms with Gasteiger partial charge in [0, 0.05) is 35.7 Å². The molecule has 0 bridgehead atoms. The first-order chi connectivity index (χ1) is 20.6. The number of piperidine rings is 1. The molecule has 4 rings (SSSR count). The molecule has 9 heteroatoms. The number of likely N-dealkylation sites (tertiary alicyclic amines) is 1. The number of rotatable bonds is 12. The third kappa shape index (κ3) is 9.61. The average Bonchev–Trinajstić information content (AvgIpc) is 2.98. The number of methoxy groups -OCH3 is 1. The largest absolute Gasteiger partial charge is 0.496 e. The maximum Gasteiger partial charge on any atom is 0.410 e. The summed E-state index contributed by atoms with van der Waals surface area (Å²) in [6.07, 6.45) is -0.657. The Morgan fingerprint density at radius 3 is 2.53 bits per heavy atom. The molecule has 0 spiro atoms. The van der Waals surface area contributed by atoms with Gasteiger partial charge in [-0.2, -0.15) is 0 Å². The number of carbonyl (C=O) groups is 1. The first kappa shape index (κ1) is 32.1. The molecule has 3 aromatic carbocycles. The maximum absolute atomic E-state index is 12.9. The van der Waals surface area contributed by atoms with Crippen molar-refractivity contribution in [1.82, 2.24) is 4.90 Å². The van der Waals surface area contributed by atoms with Crippen LogP contribution in [0, 0.1) is 0 Å². The van der Waals surface area contributed by atoms with Crippen molar-refractivity contribution in [3.63, 3.8) is 0 Å². The summed E-state index contributed by atoms with van der Waals surface area (Å²) < 4.78 is 28.9. The number of hydrogen-bond acceptors (Lipinski definition) is 8. The normalized spacial score (nSPS) is 17.7. The highest BCUT2D eigenvalue weighted by atomic mass is 16.6. The van der Waals surface area contributed by atoms with Crippen LogP contribution in [-0.4, -0.2) is 61.2 Å². The first-order valence-corrected chi connectivity index (χ1v) is 14.7. The van der Waals surface area contributed by atoms with Crippen molar-refractivity contribution in [2.45, 2.75) is 64.1 Å². The van der Waals surface area contributed by atoms with E-state index in [9.17, 15) is 9.90 Å². The van der Waals surface area contributed by atoms with E-state index in [0.717, 1.165) is 29.0 Å². The summed E-state index contributed by atoms with van der Waals surface area (Å²) in [6, 6.07) is 22.7. The highest BCUT2D eigenvalue weighted by Crippen LogP contribution is 2.35. The summed E-state index contributed by atoms with van der Waals surface area (Å²) >= 11 is 0. The standard InChI is InChI=1S/C34H44N2O7/c1-34(2,3)43-33(38)36-18-17-29(31(22-36)42-32(37)25-10-7-11-27(35)21-25)24-13-15-28(16-14-24)41-20-8-19-40-23-26-9-5-6-12-30(26)39-4/h5-7,9-16,21,29,31-32,37H,8,17-20,22-23,35H2,1-4H3. The molecule has 0 aliphatic carbocycles. The summed E-state index contributed by atoms with van der Waals surface area (Å²) in [6.45, 7) is 7.91. The summed E-state index contributed by atoms with van der Waals surface area (Å²) in [5, 5.41) is 10.9. The van der Waals surface area contributed by atoms with Gasteiger partial charge in [-0.25, -0.2) is 4.79 Å². The minimum Gasteiger partial charge on any atom is -0.496 e. The summed E-state index contributed by atoms with van der Waals surface area (Å²) in [5.41, 5.74) is 8.46. The lowest BCUT2D eigenvalue weighted by atomic mass is 9.87. The van der Waals surface area contributed by atoms with E-state index >= 15 is 0 Å². The molecule has 3 unspecified atom stereocenters. The van der Waals surface area contributed by atoms with Crippen molar-refractivity contribution in [2.75, 3.05) is 39.1 Å². The maximum atomic E-state index is 12.9. The molecule has 3 aromatic rings. The fourth-order valence-corrected chi connectivity index (χ4v) is 5.05. The lowest BCUT2D eigenvalue weighted by Gasteiger charge is -2.39. The zero-order valence-electron chi connectivity index (χ0n) is 25.5. The van der Waals surface area contributed by atoms with E-state index in [-0.39, 0.29) is 12.5 Å². The first-order valence-electron chi connectivity index (χ1n) is 14.7. The Labute approximate surface area is 254 Å². The molecule has 9 nitrogen and oxygen atoms in total. The number of aliphatic hydroxyl groups is 1. The van der Waals surface area contributed by atoms with Crippen LogP contribution in [0.4, 0.5) is 10.5 Å². The van der Waals surface area contributed by atoms with Gasteiger partial charge in [0.2, 0.25) is 0 Å². The smallest absolute Gasteiger partial charge is 0.410 e. The van der Waals surface area contributed by atoms with Gasteiger partial charge in [0.25, 0.3) is 0 Å². The van der Waals surface area contributed by atoms with Crippen LogP contribution in [0.15, 0.2) is 72.8 Å². The molecular weight excluding hydrogens is 548 g/mol. The van der Waals surface area contributed by atoms with E-state index in [0.29, 0.717) is 44.0 Å². The molecule has 1 saturated heterocycles. The molecule has 0 aromatic heterocycles. The predicted octanol–water partition coefficient (Wildman–Crippen LogP) is 6.06. The molecule has 43 heavy (non-hydrogen) atoms. The van der Waals surface area contributed by atoms with Crippen LogP contribution in [-0.2, 0) is 20.8 Å². The minimum atomic E-state index is -1.19. The second-order valence-electron chi connectivity index (χ2n) is 11.7. The van der Waals surface area contributed by atoms with Crippen LogP contribution in [0.1, 0.15) is 62.5 Å². The zero-order valence-corrected chi connectivity index (χ0v) is 25.5. The van der Waals surface area contributed by atoms with Gasteiger partial charge in [-0.1, -0.05) is 42.5 Å². The summed E-state index contributed by atoms with van der Waals surface area (Å²) in [7, 11) is 1.66. The topological polar surface area (TPSA) is 113 Å². The zero-order chi connectivity index (χ0) is 30.8. The number of nitrogens with two attached hydrogens (primary N) is 1. The molecule has 0 radical (unpaired) electrons. The third-order valence-electron chi connectivity index (χ3n) is 7.17. The Morgan fingerprint density at radius 2 is 1.81 bits per heavy atom. The van der Waals surface area contributed by atoms with E-state index in [1.807, 2.05) is 69.3 Å². The van der Waals surface area contributed by atoms with Crippen molar-refractivity contribution in [2.24, 2.45) is 0 Å². The van der Waals surface area contributed by atoms with E-state index in [1.54, 1.807) is 36.3 Å². The van der Waals surface area contributed by atoms with Crippen molar-refractivity contribution in [3.05, 3.63) is 89.5 Å². The number of ether oxygens (including phenoxy) is 5. The lowest BCUT2D eigenvalue weighted by molar-refractivity contribution is -0.159. The van der Waals surface area contributed by atoms with Crippen LogP contribution < -0.4 is 15.2 Å². The predicted molar refractivity (Wildman–Crippen MR) is 165 cm³/mol. The van der Waals surface area contributed by atoms with Gasteiger partial charge in [0.05, 0.1) is 39.6 Å². The van der Waals surface area contributed by atoms with Gasteiger partial charge < -0.3 is 39.4 Å². The molecule has 0 saturated carbocycles. The Morgan fingerprint density at radius 1 is 1.05 bits per heavy atom. The highest BCUT2D eigenvalue weighted by molar-refractivity contribution is 5.68. The Hall–Kier alpha value is -3.79. The molecule has 1 aliphatic heterocycles. The SMILES string of the molecule is COc1ccccc1COCCCOc1ccc(C2CCN(C(=O)OC(C)(C)C)CC2OC(O)c2cccc(N)c2)cc1. The molecule has 1 heterocycles. The number of nitrogen functional groups attached to an aromatic ring is 1. The van der Waals surface area contributed by atoms with Crippen LogP contribution in [0.25, 0.3) is 0 Å². The summed E-state index contributed by atoms with van der Waals surface area (Å²) in [4.78, 5) is 14.5. The van der Waals surface area contributed by atoms with Gasteiger partial charge in [-0.05, 0) is 63.1 Å². The molecule has 1 amide bonds. The van der Waals surface area contributed by atoms with Gasteiger partial charge in [0.15, 0.2) is 6.29 Å². The Bertz CT molecular complexity index is 1310. The number of anilines is 1. The fraction of sp³-hybridized carbons (Fsp3) is 0.441. The van der Waals surface area contributed by atoms with E-state index < -0.39 is 24.1 Å². The molecular formula is C34H44N2O7.